The second kappa shape index (κ2) is 3.02. The quantitative estimate of drug-likeness (QED) is 0.509. The monoisotopic (exact) mass is 188 g/mol. The third-order valence-corrected chi connectivity index (χ3v) is 4.57. The summed E-state index contributed by atoms with van der Waals surface area (Å²) in [5.41, 5.74) is 0.491. The van der Waals surface area contributed by atoms with Gasteiger partial charge in [-0.2, -0.15) is 0 Å². The average molecular weight is 188 g/mol. The van der Waals surface area contributed by atoms with Crippen molar-refractivity contribution in [1.82, 2.24) is 0 Å². The molecule has 4 rings (SSSR count). The van der Waals surface area contributed by atoms with Gasteiger partial charge in [0.1, 0.15) is 0 Å². The number of rotatable bonds is 0. The first-order valence-electron chi connectivity index (χ1n) is 6.30. The lowest BCUT2D eigenvalue weighted by atomic mass is 9.50. The molecule has 0 saturated heterocycles. The van der Waals surface area contributed by atoms with Crippen molar-refractivity contribution >= 4 is 0 Å². The zero-order chi connectivity index (χ0) is 9.60. The van der Waals surface area contributed by atoms with Gasteiger partial charge in [-0.1, -0.05) is 12.8 Å². The maximum absolute atomic E-state index is 3.63. The van der Waals surface area contributed by atoms with Crippen LogP contribution in [-0.4, -0.2) is 0 Å². The molecule has 0 aromatic carbocycles. The van der Waals surface area contributed by atoms with Gasteiger partial charge in [0.05, 0.1) is 0 Å². The fourth-order valence-electron chi connectivity index (χ4n) is 4.54. The maximum Gasteiger partial charge on any atom is 0.0322 e. The van der Waals surface area contributed by atoms with Gasteiger partial charge in [0.2, 0.25) is 0 Å². The van der Waals surface area contributed by atoms with Crippen LogP contribution in [-0.2, 0) is 0 Å². The van der Waals surface area contributed by atoms with E-state index in [0.717, 1.165) is 24.2 Å². The highest BCUT2D eigenvalue weighted by Gasteiger charge is 2.50. The number of hydrogen-bond donors (Lipinski definition) is 0. The van der Waals surface area contributed by atoms with Gasteiger partial charge in [0.15, 0.2) is 0 Å². The molecule has 76 valence electrons. The summed E-state index contributed by atoms with van der Waals surface area (Å²) < 4.78 is 0. The van der Waals surface area contributed by atoms with Gasteiger partial charge in [-0.25, -0.2) is 0 Å². The van der Waals surface area contributed by atoms with Crippen LogP contribution in [0.2, 0.25) is 0 Å². The molecule has 4 aliphatic carbocycles. The van der Waals surface area contributed by atoms with Gasteiger partial charge < -0.3 is 0 Å². The van der Waals surface area contributed by atoms with Crippen LogP contribution in [0.15, 0.2) is 0 Å². The maximum atomic E-state index is 3.63. The predicted molar refractivity (Wildman–Crippen MR) is 58.7 cm³/mol. The summed E-state index contributed by atoms with van der Waals surface area (Å²) in [4.78, 5) is 0. The van der Waals surface area contributed by atoms with Crippen molar-refractivity contribution in [3.8, 4) is 11.8 Å². The van der Waals surface area contributed by atoms with E-state index in [9.17, 15) is 0 Å². The molecule has 0 amide bonds. The normalized spacial score (nSPS) is 48.8. The second-order valence-corrected chi connectivity index (χ2v) is 5.85. The van der Waals surface area contributed by atoms with E-state index in [4.69, 9.17) is 0 Å². The van der Waals surface area contributed by atoms with E-state index < -0.39 is 0 Å². The van der Waals surface area contributed by atoms with Crippen molar-refractivity contribution in [2.24, 2.45) is 23.2 Å². The second-order valence-electron chi connectivity index (χ2n) is 5.85. The third-order valence-electron chi connectivity index (χ3n) is 4.57. The number of hydrogen-bond acceptors (Lipinski definition) is 0. The lowest BCUT2D eigenvalue weighted by Crippen LogP contribution is -2.45. The van der Waals surface area contributed by atoms with Gasteiger partial charge in [0.25, 0.3) is 0 Å². The van der Waals surface area contributed by atoms with E-state index in [1.165, 1.54) is 38.5 Å². The molecule has 14 heavy (non-hydrogen) atoms. The highest BCUT2D eigenvalue weighted by molar-refractivity contribution is 5.18. The summed E-state index contributed by atoms with van der Waals surface area (Å²) in [6, 6.07) is 0. The Labute approximate surface area is 87.5 Å². The van der Waals surface area contributed by atoms with Gasteiger partial charge in [0, 0.05) is 11.8 Å². The predicted octanol–water partition coefficient (Wildman–Crippen LogP) is 3.62. The molecule has 0 heteroatoms. The molecule has 0 aromatic heterocycles. The van der Waals surface area contributed by atoms with Crippen molar-refractivity contribution < 1.29 is 0 Å². The first kappa shape index (κ1) is 8.84. The summed E-state index contributed by atoms with van der Waals surface area (Å²) in [6.07, 6.45) is 9.96. The van der Waals surface area contributed by atoms with E-state index in [2.05, 4.69) is 18.8 Å². The fraction of sp³-hybridized carbons (Fsp3) is 0.857. The zero-order valence-electron chi connectivity index (χ0n) is 9.18. The molecule has 0 unspecified atom stereocenters. The molecule has 4 saturated carbocycles. The molecule has 4 aliphatic rings. The highest BCUT2D eigenvalue weighted by Crippen LogP contribution is 2.59. The largest absolute Gasteiger partial charge is 0.103 e. The molecule has 4 fully saturated rings. The van der Waals surface area contributed by atoms with E-state index >= 15 is 0 Å². The SMILES string of the molecule is CCC#CC12CC3CC(CC(C3)C1)C2. The lowest BCUT2D eigenvalue weighted by Gasteiger charge is -2.54. The van der Waals surface area contributed by atoms with Gasteiger partial charge in [-0.05, 0) is 56.3 Å². The standard InChI is InChI=1S/C14H20/c1-2-3-4-14-8-11-5-12(9-14)7-13(6-11)10-14/h11-13H,2,5-10H2,1H3. The molecular formula is C14H20. The van der Waals surface area contributed by atoms with Crippen molar-refractivity contribution in [2.45, 2.75) is 51.9 Å². The van der Waals surface area contributed by atoms with E-state index in [1.54, 1.807) is 0 Å². The summed E-state index contributed by atoms with van der Waals surface area (Å²) in [7, 11) is 0. The minimum Gasteiger partial charge on any atom is -0.103 e. The highest BCUT2D eigenvalue weighted by atomic mass is 14.5. The molecular weight excluding hydrogens is 168 g/mol. The van der Waals surface area contributed by atoms with E-state index in [-0.39, 0.29) is 0 Å². The Balaban J connectivity index is 1.87. The molecule has 0 aliphatic heterocycles. The summed E-state index contributed by atoms with van der Waals surface area (Å²) in [5, 5.41) is 0. The molecule has 0 heterocycles. The van der Waals surface area contributed by atoms with Crippen molar-refractivity contribution in [3.05, 3.63) is 0 Å². The zero-order valence-corrected chi connectivity index (χ0v) is 9.18. The Morgan fingerprint density at radius 1 is 1.00 bits per heavy atom. The van der Waals surface area contributed by atoms with E-state index in [0.29, 0.717) is 5.41 Å². The Bertz CT molecular complexity index is 254. The average Bonchev–Trinajstić information content (AvgIpc) is 2.12. The molecule has 0 atom stereocenters. The lowest BCUT2D eigenvalue weighted by molar-refractivity contribution is -0.0181. The van der Waals surface area contributed by atoms with Crippen LogP contribution < -0.4 is 0 Å². The Morgan fingerprint density at radius 2 is 1.50 bits per heavy atom. The van der Waals surface area contributed by atoms with Gasteiger partial charge in [-0.3, -0.25) is 0 Å². The Kier molecular flexibility index (Phi) is 1.91. The Morgan fingerprint density at radius 3 is 1.93 bits per heavy atom. The van der Waals surface area contributed by atoms with Crippen molar-refractivity contribution in [3.63, 3.8) is 0 Å². The first-order valence-corrected chi connectivity index (χ1v) is 6.30. The fourth-order valence-corrected chi connectivity index (χ4v) is 4.54. The van der Waals surface area contributed by atoms with E-state index in [1.807, 2.05) is 0 Å². The van der Waals surface area contributed by atoms with Crippen LogP contribution in [0.5, 0.6) is 0 Å². The smallest absolute Gasteiger partial charge is 0.0322 e. The minimum atomic E-state index is 0.491. The van der Waals surface area contributed by atoms with Gasteiger partial charge in [-0.15, -0.1) is 5.92 Å². The van der Waals surface area contributed by atoms with Crippen LogP contribution in [0.3, 0.4) is 0 Å². The van der Waals surface area contributed by atoms with Gasteiger partial charge >= 0.3 is 0 Å². The van der Waals surface area contributed by atoms with Crippen LogP contribution in [0, 0.1) is 35.0 Å². The van der Waals surface area contributed by atoms with Crippen LogP contribution in [0.1, 0.15) is 51.9 Å². The van der Waals surface area contributed by atoms with Crippen molar-refractivity contribution in [2.75, 3.05) is 0 Å². The molecule has 0 spiro atoms. The molecule has 0 radical (unpaired) electrons. The van der Waals surface area contributed by atoms with Crippen LogP contribution in [0.25, 0.3) is 0 Å². The first-order chi connectivity index (χ1) is 6.80. The summed E-state index contributed by atoms with van der Waals surface area (Å²) in [6.45, 7) is 2.17. The molecule has 0 nitrogen and oxygen atoms in total. The molecule has 0 aromatic rings. The van der Waals surface area contributed by atoms with Crippen LogP contribution in [0.4, 0.5) is 0 Å². The molecule has 0 N–H and O–H groups in total. The Hall–Kier alpha value is -0.440. The third kappa shape index (κ3) is 1.29. The topological polar surface area (TPSA) is 0 Å². The summed E-state index contributed by atoms with van der Waals surface area (Å²) >= 11 is 0. The minimum absolute atomic E-state index is 0.491. The summed E-state index contributed by atoms with van der Waals surface area (Å²) in [5.74, 6) is 10.1. The molecule has 4 bridgehead atoms. The van der Waals surface area contributed by atoms with Crippen molar-refractivity contribution in [1.29, 1.82) is 0 Å². The van der Waals surface area contributed by atoms with Crippen LogP contribution >= 0.6 is 0 Å².